The summed E-state index contributed by atoms with van der Waals surface area (Å²) >= 11 is 0. The van der Waals surface area contributed by atoms with Crippen LogP contribution in [0.25, 0.3) is 0 Å². The standard InChI is InChI=1S/C16H25N3O/c1-2-13-3-5-14(6-4-13)11-19(12-16(17)20)15-7-9-18-10-8-15/h3-6,15,18H,2,7-12H2,1H3,(H2,17,20). The third kappa shape index (κ3) is 4.32. The van der Waals surface area contributed by atoms with Crippen molar-refractivity contribution in [2.75, 3.05) is 19.6 Å². The second kappa shape index (κ2) is 7.41. The van der Waals surface area contributed by atoms with Gasteiger partial charge in [-0.15, -0.1) is 0 Å². The van der Waals surface area contributed by atoms with Crippen LogP contribution >= 0.6 is 0 Å². The van der Waals surface area contributed by atoms with Gasteiger partial charge >= 0.3 is 0 Å². The average Bonchev–Trinajstić information content (AvgIpc) is 2.48. The molecule has 1 aromatic rings. The van der Waals surface area contributed by atoms with E-state index in [9.17, 15) is 4.79 Å². The maximum absolute atomic E-state index is 11.3. The molecular weight excluding hydrogens is 250 g/mol. The lowest BCUT2D eigenvalue weighted by Gasteiger charge is -2.33. The van der Waals surface area contributed by atoms with Gasteiger partial charge in [0.05, 0.1) is 6.54 Å². The van der Waals surface area contributed by atoms with Gasteiger partial charge in [-0.1, -0.05) is 31.2 Å². The van der Waals surface area contributed by atoms with E-state index in [0.29, 0.717) is 12.6 Å². The van der Waals surface area contributed by atoms with Crippen molar-refractivity contribution in [3.63, 3.8) is 0 Å². The van der Waals surface area contributed by atoms with E-state index in [0.717, 1.165) is 38.9 Å². The number of amides is 1. The number of nitrogens with zero attached hydrogens (tertiary/aromatic N) is 1. The van der Waals surface area contributed by atoms with E-state index in [1.165, 1.54) is 11.1 Å². The Morgan fingerprint density at radius 3 is 2.40 bits per heavy atom. The van der Waals surface area contributed by atoms with Gasteiger partial charge in [0.1, 0.15) is 0 Å². The Balaban J connectivity index is 2.03. The Hall–Kier alpha value is -1.39. The van der Waals surface area contributed by atoms with Crippen LogP contribution in [0.4, 0.5) is 0 Å². The van der Waals surface area contributed by atoms with Gasteiger partial charge < -0.3 is 11.1 Å². The van der Waals surface area contributed by atoms with Crippen LogP contribution in [0.3, 0.4) is 0 Å². The van der Waals surface area contributed by atoms with Crippen molar-refractivity contribution >= 4 is 5.91 Å². The molecule has 1 fully saturated rings. The van der Waals surface area contributed by atoms with Crippen LogP contribution in [0.2, 0.25) is 0 Å². The highest BCUT2D eigenvalue weighted by molar-refractivity contribution is 5.75. The quantitative estimate of drug-likeness (QED) is 0.822. The Bertz CT molecular complexity index is 424. The molecule has 1 saturated heterocycles. The van der Waals surface area contributed by atoms with Gasteiger partial charge in [-0.2, -0.15) is 0 Å². The molecule has 0 unspecified atom stereocenters. The summed E-state index contributed by atoms with van der Waals surface area (Å²) in [6.45, 7) is 5.35. The Morgan fingerprint density at radius 2 is 1.85 bits per heavy atom. The topological polar surface area (TPSA) is 58.4 Å². The zero-order valence-electron chi connectivity index (χ0n) is 12.3. The number of rotatable bonds is 6. The number of hydrogen-bond acceptors (Lipinski definition) is 3. The normalized spacial score (nSPS) is 16.5. The number of nitrogens with one attached hydrogen (secondary N) is 1. The molecule has 110 valence electrons. The molecule has 1 heterocycles. The predicted octanol–water partition coefficient (Wildman–Crippen LogP) is 1.29. The molecule has 4 heteroatoms. The zero-order chi connectivity index (χ0) is 14.4. The lowest BCUT2D eigenvalue weighted by Crippen LogP contribution is -2.46. The third-order valence-corrected chi connectivity index (χ3v) is 4.00. The molecule has 1 aliphatic rings. The summed E-state index contributed by atoms with van der Waals surface area (Å²) in [6.07, 6.45) is 3.22. The molecule has 0 radical (unpaired) electrons. The first-order valence-corrected chi connectivity index (χ1v) is 7.50. The van der Waals surface area contributed by atoms with Crippen molar-refractivity contribution in [2.24, 2.45) is 5.73 Å². The third-order valence-electron chi connectivity index (χ3n) is 4.00. The number of aryl methyl sites for hydroxylation is 1. The fourth-order valence-electron chi connectivity index (χ4n) is 2.80. The largest absolute Gasteiger partial charge is 0.369 e. The number of piperidine rings is 1. The monoisotopic (exact) mass is 275 g/mol. The first kappa shape index (κ1) is 15.0. The molecule has 0 saturated carbocycles. The molecule has 1 amide bonds. The van der Waals surface area contributed by atoms with Gasteiger partial charge in [-0.3, -0.25) is 9.69 Å². The molecule has 3 N–H and O–H groups in total. The summed E-state index contributed by atoms with van der Waals surface area (Å²) < 4.78 is 0. The van der Waals surface area contributed by atoms with Crippen molar-refractivity contribution in [3.8, 4) is 0 Å². The van der Waals surface area contributed by atoms with Crippen LogP contribution in [-0.2, 0) is 17.8 Å². The van der Waals surface area contributed by atoms with Crippen LogP contribution in [0.5, 0.6) is 0 Å². The second-order valence-corrected chi connectivity index (χ2v) is 5.52. The zero-order valence-corrected chi connectivity index (χ0v) is 12.3. The molecule has 0 bridgehead atoms. The summed E-state index contributed by atoms with van der Waals surface area (Å²) in [4.78, 5) is 13.5. The summed E-state index contributed by atoms with van der Waals surface area (Å²) in [7, 11) is 0. The molecule has 0 aliphatic carbocycles. The number of primary amides is 1. The minimum atomic E-state index is -0.242. The first-order valence-electron chi connectivity index (χ1n) is 7.50. The van der Waals surface area contributed by atoms with Crippen molar-refractivity contribution in [1.82, 2.24) is 10.2 Å². The maximum Gasteiger partial charge on any atom is 0.231 e. The predicted molar refractivity (Wildman–Crippen MR) is 81.3 cm³/mol. The smallest absolute Gasteiger partial charge is 0.231 e. The Labute approximate surface area is 121 Å². The molecule has 4 nitrogen and oxygen atoms in total. The molecule has 0 atom stereocenters. The fraction of sp³-hybridized carbons (Fsp3) is 0.562. The lowest BCUT2D eigenvalue weighted by molar-refractivity contribution is -0.120. The van der Waals surface area contributed by atoms with Crippen molar-refractivity contribution in [2.45, 2.75) is 38.8 Å². The minimum absolute atomic E-state index is 0.242. The number of nitrogens with two attached hydrogens (primary N) is 1. The Kier molecular flexibility index (Phi) is 5.56. The summed E-state index contributed by atoms with van der Waals surface area (Å²) in [5.41, 5.74) is 8.00. The summed E-state index contributed by atoms with van der Waals surface area (Å²) in [5.74, 6) is -0.242. The average molecular weight is 275 g/mol. The van der Waals surface area contributed by atoms with Crippen molar-refractivity contribution < 1.29 is 4.79 Å². The number of carbonyl (C=O) groups is 1. The second-order valence-electron chi connectivity index (χ2n) is 5.52. The van der Waals surface area contributed by atoms with E-state index in [-0.39, 0.29) is 5.91 Å². The van der Waals surface area contributed by atoms with E-state index in [1.54, 1.807) is 0 Å². The molecule has 20 heavy (non-hydrogen) atoms. The number of hydrogen-bond donors (Lipinski definition) is 2. The molecule has 0 spiro atoms. The van der Waals surface area contributed by atoms with Crippen LogP contribution in [0, 0.1) is 0 Å². The lowest BCUT2D eigenvalue weighted by atomic mass is 10.0. The molecular formula is C16H25N3O. The Morgan fingerprint density at radius 1 is 1.25 bits per heavy atom. The fourth-order valence-corrected chi connectivity index (χ4v) is 2.80. The molecule has 1 aliphatic heterocycles. The van der Waals surface area contributed by atoms with Gasteiger partial charge in [0.2, 0.25) is 5.91 Å². The number of benzene rings is 1. The highest BCUT2D eigenvalue weighted by Gasteiger charge is 2.22. The summed E-state index contributed by atoms with van der Waals surface area (Å²) in [5, 5.41) is 3.36. The van der Waals surface area contributed by atoms with E-state index < -0.39 is 0 Å². The van der Waals surface area contributed by atoms with Gasteiger partial charge in [0, 0.05) is 12.6 Å². The first-order chi connectivity index (χ1) is 9.69. The van der Waals surface area contributed by atoms with Crippen molar-refractivity contribution in [3.05, 3.63) is 35.4 Å². The number of carbonyl (C=O) groups excluding carboxylic acids is 1. The van der Waals surface area contributed by atoms with Gasteiger partial charge in [0.25, 0.3) is 0 Å². The van der Waals surface area contributed by atoms with E-state index in [1.807, 2.05) is 0 Å². The molecule has 0 aromatic heterocycles. The van der Waals surface area contributed by atoms with Gasteiger partial charge in [0.15, 0.2) is 0 Å². The minimum Gasteiger partial charge on any atom is -0.369 e. The van der Waals surface area contributed by atoms with Crippen LogP contribution < -0.4 is 11.1 Å². The van der Waals surface area contributed by atoms with Crippen LogP contribution in [-0.4, -0.2) is 36.5 Å². The van der Waals surface area contributed by atoms with Crippen LogP contribution in [0.15, 0.2) is 24.3 Å². The highest BCUT2D eigenvalue weighted by atomic mass is 16.1. The van der Waals surface area contributed by atoms with E-state index in [4.69, 9.17) is 5.73 Å². The maximum atomic E-state index is 11.3. The van der Waals surface area contributed by atoms with Crippen LogP contribution in [0.1, 0.15) is 30.9 Å². The highest BCUT2D eigenvalue weighted by Crippen LogP contribution is 2.16. The van der Waals surface area contributed by atoms with Gasteiger partial charge in [-0.05, 0) is 43.5 Å². The molecule has 1 aromatic carbocycles. The van der Waals surface area contributed by atoms with Crippen molar-refractivity contribution in [1.29, 1.82) is 0 Å². The van der Waals surface area contributed by atoms with E-state index >= 15 is 0 Å². The summed E-state index contributed by atoms with van der Waals surface area (Å²) in [6, 6.07) is 9.11. The molecule has 2 rings (SSSR count). The van der Waals surface area contributed by atoms with Gasteiger partial charge in [-0.25, -0.2) is 0 Å². The van der Waals surface area contributed by atoms with E-state index in [2.05, 4.69) is 41.4 Å². The SMILES string of the molecule is CCc1ccc(CN(CC(N)=O)C2CCNCC2)cc1.